The van der Waals surface area contributed by atoms with E-state index in [1.54, 1.807) is 0 Å². The van der Waals surface area contributed by atoms with E-state index in [0.29, 0.717) is 18.8 Å². The van der Waals surface area contributed by atoms with Crippen molar-refractivity contribution < 1.29 is 14.3 Å². The fourth-order valence-electron chi connectivity index (χ4n) is 2.90. The van der Waals surface area contributed by atoms with Gasteiger partial charge in [-0.25, -0.2) is 9.78 Å². The number of imidazole rings is 1. The van der Waals surface area contributed by atoms with Crippen molar-refractivity contribution in [1.82, 2.24) is 14.7 Å². The summed E-state index contributed by atoms with van der Waals surface area (Å²) in [5, 5.41) is 2.93. The standard InChI is InChI=1S/C22H27N3O3/c1-16-13-25-14-19(10-11-20(25)23-16)27-15-18(12-17-8-6-5-7-9-17)24-21(26)28-22(2,3)4/h5-11,13-14,18H,12,15H2,1-4H3,(H,24,26)/t18-/m1/s1. The number of ether oxygens (including phenoxy) is 2. The number of amides is 1. The Morgan fingerprint density at radius 3 is 2.61 bits per heavy atom. The van der Waals surface area contributed by atoms with Gasteiger partial charge in [0.1, 0.15) is 23.6 Å². The van der Waals surface area contributed by atoms with Crippen LogP contribution in [0.4, 0.5) is 4.79 Å². The van der Waals surface area contributed by atoms with E-state index < -0.39 is 11.7 Å². The minimum atomic E-state index is -0.549. The highest BCUT2D eigenvalue weighted by Gasteiger charge is 2.20. The third-order valence-electron chi connectivity index (χ3n) is 4.04. The van der Waals surface area contributed by atoms with E-state index in [0.717, 1.165) is 16.9 Å². The van der Waals surface area contributed by atoms with Crippen LogP contribution in [0.15, 0.2) is 54.9 Å². The van der Waals surface area contributed by atoms with Crippen LogP contribution in [-0.2, 0) is 11.2 Å². The molecule has 0 radical (unpaired) electrons. The van der Waals surface area contributed by atoms with Crippen LogP contribution in [0.1, 0.15) is 32.0 Å². The summed E-state index contributed by atoms with van der Waals surface area (Å²) in [5.74, 6) is 0.717. The Labute approximate surface area is 165 Å². The first-order valence-corrected chi connectivity index (χ1v) is 9.40. The summed E-state index contributed by atoms with van der Waals surface area (Å²) in [7, 11) is 0. The summed E-state index contributed by atoms with van der Waals surface area (Å²) in [6.07, 6.45) is 4.04. The second-order valence-corrected chi connectivity index (χ2v) is 7.86. The van der Waals surface area contributed by atoms with Crippen LogP contribution in [0.3, 0.4) is 0 Å². The smallest absolute Gasteiger partial charge is 0.408 e. The molecule has 1 aromatic carbocycles. The highest BCUT2D eigenvalue weighted by Crippen LogP contribution is 2.15. The predicted octanol–water partition coefficient (Wildman–Crippen LogP) is 4.16. The van der Waals surface area contributed by atoms with Crippen molar-refractivity contribution in [3.05, 3.63) is 66.1 Å². The fourth-order valence-corrected chi connectivity index (χ4v) is 2.90. The van der Waals surface area contributed by atoms with Crippen molar-refractivity contribution in [3.63, 3.8) is 0 Å². The molecule has 3 rings (SSSR count). The average molecular weight is 381 g/mol. The first-order valence-electron chi connectivity index (χ1n) is 9.40. The Balaban J connectivity index is 1.68. The quantitative estimate of drug-likeness (QED) is 0.696. The van der Waals surface area contributed by atoms with Gasteiger partial charge in [0.25, 0.3) is 0 Å². The van der Waals surface area contributed by atoms with Gasteiger partial charge >= 0.3 is 6.09 Å². The van der Waals surface area contributed by atoms with Gasteiger partial charge in [0.05, 0.1) is 17.9 Å². The van der Waals surface area contributed by atoms with Gasteiger partial charge in [0.2, 0.25) is 0 Å². The molecule has 2 heterocycles. The number of nitrogens with one attached hydrogen (secondary N) is 1. The van der Waals surface area contributed by atoms with E-state index in [-0.39, 0.29) is 6.04 Å². The number of fused-ring (bicyclic) bond motifs is 1. The van der Waals surface area contributed by atoms with Crippen LogP contribution < -0.4 is 10.1 Å². The summed E-state index contributed by atoms with van der Waals surface area (Å²) in [6.45, 7) is 7.81. The van der Waals surface area contributed by atoms with Crippen molar-refractivity contribution in [1.29, 1.82) is 0 Å². The molecule has 0 aliphatic heterocycles. The number of hydrogen-bond donors (Lipinski definition) is 1. The Kier molecular flexibility index (Phi) is 5.87. The number of hydrogen-bond acceptors (Lipinski definition) is 4. The zero-order valence-corrected chi connectivity index (χ0v) is 16.8. The van der Waals surface area contributed by atoms with Gasteiger partial charge in [0.15, 0.2) is 0 Å². The Morgan fingerprint density at radius 1 is 1.14 bits per heavy atom. The van der Waals surface area contributed by atoms with Crippen molar-refractivity contribution in [3.8, 4) is 5.75 Å². The highest BCUT2D eigenvalue weighted by molar-refractivity contribution is 5.68. The molecule has 0 saturated heterocycles. The van der Waals surface area contributed by atoms with Crippen molar-refractivity contribution in [2.24, 2.45) is 0 Å². The zero-order chi connectivity index (χ0) is 20.1. The fraction of sp³-hybridized carbons (Fsp3) is 0.364. The number of alkyl carbamates (subject to hydrolysis) is 1. The van der Waals surface area contributed by atoms with Crippen molar-refractivity contribution >= 4 is 11.7 Å². The Bertz CT molecular complexity index is 929. The minimum Gasteiger partial charge on any atom is -0.490 e. The van der Waals surface area contributed by atoms with Crippen LogP contribution in [0.5, 0.6) is 5.75 Å². The summed E-state index contributed by atoms with van der Waals surface area (Å²) in [4.78, 5) is 16.7. The normalized spacial score (nSPS) is 12.6. The molecule has 6 heteroatoms. The van der Waals surface area contributed by atoms with Crippen LogP contribution in [0.2, 0.25) is 0 Å². The average Bonchev–Trinajstić information content (AvgIpc) is 2.98. The molecule has 148 valence electrons. The van der Waals surface area contributed by atoms with Gasteiger partial charge in [-0.05, 0) is 51.8 Å². The number of aryl methyl sites for hydroxylation is 1. The number of rotatable bonds is 6. The molecule has 1 N–H and O–H groups in total. The largest absolute Gasteiger partial charge is 0.490 e. The molecule has 0 bridgehead atoms. The number of carbonyl (C=O) groups is 1. The van der Waals surface area contributed by atoms with E-state index in [4.69, 9.17) is 9.47 Å². The van der Waals surface area contributed by atoms with Crippen LogP contribution in [0, 0.1) is 6.92 Å². The molecule has 0 aliphatic rings. The maximum absolute atomic E-state index is 12.2. The van der Waals surface area contributed by atoms with Gasteiger partial charge in [-0.2, -0.15) is 0 Å². The third kappa shape index (κ3) is 5.74. The molecule has 0 spiro atoms. The van der Waals surface area contributed by atoms with Crippen LogP contribution in [0.25, 0.3) is 5.65 Å². The van der Waals surface area contributed by atoms with Gasteiger partial charge in [-0.1, -0.05) is 30.3 Å². The summed E-state index contributed by atoms with van der Waals surface area (Å²) >= 11 is 0. The first kappa shape index (κ1) is 19.7. The number of benzene rings is 1. The molecule has 0 saturated carbocycles. The van der Waals surface area contributed by atoms with E-state index in [1.165, 1.54) is 0 Å². The summed E-state index contributed by atoms with van der Waals surface area (Å²) in [6, 6.07) is 13.6. The molecule has 1 atom stereocenters. The second-order valence-electron chi connectivity index (χ2n) is 7.86. The lowest BCUT2D eigenvalue weighted by atomic mass is 10.1. The molecular formula is C22H27N3O3. The highest BCUT2D eigenvalue weighted by atomic mass is 16.6. The number of aromatic nitrogens is 2. The Morgan fingerprint density at radius 2 is 1.89 bits per heavy atom. The summed E-state index contributed by atoms with van der Waals surface area (Å²) < 4.78 is 13.3. The van der Waals surface area contributed by atoms with Gasteiger partial charge in [-0.15, -0.1) is 0 Å². The van der Waals surface area contributed by atoms with Crippen LogP contribution >= 0.6 is 0 Å². The van der Waals surface area contributed by atoms with Crippen LogP contribution in [-0.4, -0.2) is 33.7 Å². The molecule has 0 fully saturated rings. The molecule has 28 heavy (non-hydrogen) atoms. The maximum atomic E-state index is 12.2. The predicted molar refractivity (Wildman–Crippen MR) is 109 cm³/mol. The summed E-state index contributed by atoms with van der Waals surface area (Å²) in [5.41, 5.74) is 2.39. The lowest BCUT2D eigenvalue weighted by molar-refractivity contribution is 0.0487. The number of pyridine rings is 1. The van der Waals surface area contributed by atoms with E-state index in [2.05, 4.69) is 10.3 Å². The molecule has 0 unspecified atom stereocenters. The zero-order valence-electron chi connectivity index (χ0n) is 16.8. The molecular weight excluding hydrogens is 354 g/mol. The number of nitrogens with zero attached hydrogens (tertiary/aromatic N) is 2. The van der Waals surface area contributed by atoms with Crippen molar-refractivity contribution in [2.45, 2.75) is 45.8 Å². The van der Waals surface area contributed by atoms with Gasteiger partial charge in [-0.3, -0.25) is 0 Å². The van der Waals surface area contributed by atoms with Crippen molar-refractivity contribution in [2.75, 3.05) is 6.61 Å². The SMILES string of the molecule is Cc1cn2cc(OC[C@@H](Cc3ccccc3)NC(=O)OC(C)(C)C)ccc2n1. The number of carbonyl (C=O) groups excluding carboxylic acids is 1. The Hall–Kier alpha value is -3.02. The minimum absolute atomic E-state index is 0.225. The van der Waals surface area contributed by atoms with E-state index >= 15 is 0 Å². The molecule has 3 aromatic rings. The van der Waals surface area contributed by atoms with Gasteiger partial charge in [0, 0.05) is 6.20 Å². The maximum Gasteiger partial charge on any atom is 0.408 e. The topological polar surface area (TPSA) is 64.9 Å². The van der Waals surface area contributed by atoms with Gasteiger partial charge < -0.3 is 19.2 Å². The lowest BCUT2D eigenvalue weighted by Crippen LogP contribution is -2.43. The van der Waals surface area contributed by atoms with E-state index in [1.807, 2.05) is 87.0 Å². The molecule has 0 aliphatic carbocycles. The third-order valence-corrected chi connectivity index (χ3v) is 4.04. The monoisotopic (exact) mass is 381 g/mol. The second kappa shape index (κ2) is 8.33. The molecule has 2 aromatic heterocycles. The van der Waals surface area contributed by atoms with E-state index in [9.17, 15) is 4.79 Å². The lowest BCUT2D eigenvalue weighted by Gasteiger charge is -2.24. The molecule has 1 amide bonds. The molecule has 6 nitrogen and oxygen atoms in total. The first-order chi connectivity index (χ1) is 13.3.